The van der Waals surface area contributed by atoms with Crippen molar-refractivity contribution in [3.05, 3.63) is 80.4 Å². The molecule has 1 unspecified atom stereocenters. The number of hydrogen-bond acceptors (Lipinski definition) is 7. The lowest BCUT2D eigenvalue weighted by Crippen LogP contribution is -2.29. The number of ether oxygens (including phenoxy) is 1. The number of carbonyl (C=O) groups excluding carboxylic acids is 1. The number of rotatable bonds is 3. The van der Waals surface area contributed by atoms with E-state index in [0.717, 1.165) is 0 Å². The average Bonchev–Trinajstić information content (AvgIpc) is 3.29. The van der Waals surface area contributed by atoms with Gasteiger partial charge in [0.05, 0.1) is 24.1 Å². The number of anilines is 1. The van der Waals surface area contributed by atoms with E-state index >= 15 is 0 Å². The molecule has 0 bridgehead atoms. The largest absolute Gasteiger partial charge is 0.497 e. The summed E-state index contributed by atoms with van der Waals surface area (Å²) in [6, 6.07) is 9.70. The minimum atomic E-state index is -0.877. The number of carbonyl (C=O) groups is 1. The van der Waals surface area contributed by atoms with Crippen LogP contribution in [0.5, 0.6) is 5.75 Å². The first kappa shape index (κ1) is 18.4. The van der Waals surface area contributed by atoms with Crippen LogP contribution in [0.3, 0.4) is 0 Å². The van der Waals surface area contributed by atoms with E-state index < -0.39 is 17.8 Å². The van der Waals surface area contributed by atoms with E-state index in [1.165, 1.54) is 41.5 Å². The summed E-state index contributed by atoms with van der Waals surface area (Å²) < 4.78 is 25.1. The van der Waals surface area contributed by atoms with Gasteiger partial charge in [-0.2, -0.15) is 0 Å². The molecule has 0 N–H and O–H groups in total. The molecule has 1 aliphatic heterocycles. The second-order valence-electron chi connectivity index (χ2n) is 6.77. The van der Waals surface area contributed by atoms with Crippen LogP contribution in [-0.2, 0) is 0 Å². The van der Waals surface area contributed by atoms with Crippen LogP contribution in [0.25, 0.3) is 11.0 Å². The molecule has 1 aliphatic rings. The molecular formula is C21H14FN3O4S. The first-order valence-electron chi connectivity index (χ1n) is 9.02. The fourth-order valence-electron chi connectivity index (χ4n) is 3.65. The van der Waals surface area contributed by atoms with Gasteiger partial charge in [-0.25, -0.2) is 4.39 Å². The Balaban J connectivity index is 1.82. The first-order valence-corrected chi connectivity index (χ1v) is 9.83. The number of halogens is 1. The maximum absolute atomic E-state index is 14.0. The summed E-state index contributed by atoms with van der Waals surface area (Å²) in [5, 5.41) is 9.31. The van der Waals surface area contributed by atoms with Gasteiger partial charge in [0.1, 0.15) is 22.2 Å². The summed E-state index contributed by atoms with van der Waals surface area (Å²) in [5.74, 6) is -0.605. The summed E-state index contributed by atoms with van der Waals surface area (Å²) in [7, 11) is 1.50. The number of hydrogen-bond donors (Lipinski definition) is 0. The quantitative estimate of drug-likeness (QED) is 0.498. The van der Waals surface area contributed by atoms with Crippen LogP contribution in [0, 0.1) is 12.7 Å². The maximum Gasteiger partial charge on any atom is 0.297 e. The fraction of sp³-hybridized carbons (Fsp3) is 0.143. The molecule has 4 aromatic rings. The van der Waals surface area contributed by atoms with Gasteiger partial charge in [0, 0.05) is 6.07 Å². The van der Waals surface area contributed by atoms with Crippen molar-refractivity contribution in [1.82, 2.24) is 10.2 Å². The van der Waals surface area contributed by atoms with E-state index in [4.69, 9.17) is 9.15 Å². The normalized spacial score (nSPS) is 15.6. The maximum atomic E-state index is 14.0. The van der Waals surface area contributed by atoms with Crippen LogP contribution in [0.2, 0.25) is 0 Å². The van der Waals surface area contributed by atoms with Crippen molar-refractivity contribution in [1.29, 1.82) is 0 Å². The molecule has 0 spiro atoms. The summed E-state index contributed by atoms with van der Waals surface area (Å²) in [6.07, 6.45) is 0. The second kappa shape index (κ2) is 6.74. The van der Waals surface area contributed by atoms with Crippen molar-refractivity contribution in [2.24, 2.45) is 0 Å². The monoisotopic (exact) mass is 423 g/mol. The van der Waals surface area contributed by atoms with Crippen molar-refractivity contribution in [2.75, 3.05) is 12.0 Å². The topological polar surface area (TPSA) is 85.5 Å². The second-order valence-corrected chi connectivity index (χ2v) is 7.93. The summed E-state index contributed by atoms with van der Waals surface area (Å²) >= 11 is 1.20. The number of aryl methyl sites for hydroxylation is 1. The van der Waals surface area contributed by atoms with Crippen LogP contribution in [0.4, 0.5) is 9.52 Å². The molecule has 3 heterocycles. The van der Waals surface area contributed by atoms with E-state index in [1.807, 2.05) is 0 Å². The zero-order valence-corrected chi connectivity index (χ0v) is 16.7. The molecule has 0 saturated carbocycles. The summed E-state index contributed by atoms with van der Waals surface area (Å²) in [4.78, 5) is 28.1. The lowest BCUT2D eigenvalue weighted by molar-refractivity contribution is 0.0970. The molecule has 7 nitrogen and oxygen atoms in total. The van der Waals surface area contributed by atoms with Gasteiger partial charge >= 0.3 is 0 Å². The Morgan fingerprint density at radius 3 is 2.70 bits per heavy atom. The number of nitrogens with zero attached hydrogens (tertiary/aromatic N) is 3. The van der Waals surface area contributed by atoms with E-state index in [-0.39, 0.29) is 22.3 Å². The molecule has 1 amide bonds. The highest BCUT2D eigenvalue weighted by Gasteiger charge is 2.45. The Morgan fingerprint density at radius 1 is 1.17 bits per heavy atom. The number of benzene rings is 2. The Bertz CT molecular complexity index is 1380. The molecule has 150 valence electrons. The molecule has 1 atom stereocenters. The van der Waals surface area contributed by atoms with E-state index in [2.05, 4.69) is 10.2 Å². The Hall–Kier alpha value is -3.59. The van der Waals surface area contributed by atoms with Gasteiger partial charge in [0.15, 0.2) is 5.43 Å². The zero-order valence-electron chi connectivity index (χ0n) is 15.9. The Labute approximate surface area is 173 Å². The Kier molecular flexibility index (Phi) is 4.14. The predicted octanol–water partition coefficient (Wildman–Crippen LogP) is 3.85. The van der Waals surface area contributed by atoms with Gasteiger partial charge in [0.25, 0.3) is 5.91 Å². The minimum absolute atomic E-state index is 0.0946. The molecular weight excluding hydrogens is 409 g/mol. The molecule has 0 fully saturated rings. The van der Waals surface area contributed by atoms with Crippen molar-refractivity contribution < 1.29 is 18.3 Å². The zero-order chi connectivity index (χ0) is 21.0. The van der Waals surface area contributed by atoms with Gasteiger partial charge < -0.3 is 9.15 Å². The molecule has 0 aliphatic carbocycles. The van der Waals surface area contributed by atoms with Gasteiger partial charge in [-0.3, -0.25) is 14.5 Å². The molecule has 0 radical (unpaired) electrons. The van der Waals surface area contributed by atoms with Crippen LogP contribution in [0.1, 0.15) is 32.7 Å². The fourth-order valence-corrected chi connectivity index (χ4v) is 4.37. The highest BCUT2D eigenvalue weighted by atomic mass is 32.1. The highest BCUT2D eigenvalue weighted by Crippen LogP contribution is 2.42. The number of aromatic nitrogens is 2. The van der Waals surface area contributed by atoms with Crippen LogP contribution in [0.15, 0.2) is 51.7 Å². The van der Waals surface area contributed by atoms with E-state index in [9.17, 15) is 14.0 Å². The van der Waals surface area contributed by atoms with Gasteiger partial charge in [-0.05, 0) is 36.8 Å². The van der Waals surface area contributed by atoms with Gasteiger partial charge in [-0.1, -0.05) is 23.5 Å². The van der Waals surface area contributed by atoms with Gasteiger partial charge in [-0.15, -0.1) is 10.2 Å². The SMILES string of the molecule is COc1ccc2c(=O)c3c(oc2c1)C(=O)N(c1nnc(C)s1)C3c1cccc(F)c1. The molecule has 9 heteroatoms. The van der Waals surface area contributed by atoms with E-state index in [0.29, 0.717) is 26.8 Å². The summed E-state index contributed by atoms with van der Waals surface area (Å²) in [5.41, 5.74) is 0.464. The number of methoxy groups -OCH3 is 1. The molecule has 5 rings (SSSR count). The average molecular weight is 423 g/mol. The highest BCUT2D eigenvalue weighted by molar-refractivity contribution is 7.15. The third kappa shape index (κ3) is 2.70. The van der Waals surface area contributed by atoms with Gasteiger partial charge in [0.2, 0.25) is 10.9 Å². The van der Waals surface area contributed by atoms with Crippen LogP contribution < -0.4 is 15.1 Å². The Morgan fingerprint density at radius 2 is 2.00 bits per heavy atom. The van der Waals surface area contributed by atoms with Crippen molar-refractivity contribution in [3.8, 4) is 5.75 Å². The molecule has 2 aromatic carbocycles. The summed E-state index contributed by atoms with van der Waals surface area (Å²) in [6.45, 7) is 1.76. The smallest absolute Gasteiger partial charge is 0.297 e. The van der Waals surface area contributed by atoms with Crippen LogP contribution >= 0.6 is 11.3 Å². The molecule has 0 saturated heterocycles. The standard InChI is InChI=1S/C21H14FN3O4S/c1-10-23-24-21(30-10)25-17(11-4-3-5-12(22)8-11)16-18(26)14-7-6-13(28-2)9-15(14)29-19(16)20(25)27/h3-9,17H,1-2H3. The number of fused-ring (bicyclic) bond motifs is 2. The molecule has 2 aromatic heterocycles. The lowest BCUT2D eigenvalue weighted by atomic mass is 9.98. The van der Waals surface area contributed by atoms with Crippen molar-refractivity contribution in [3.63, 3.8) is 0 Å². The minimum Gasteiger partial charge on any atom is -0.497 e. The van der Waals surface area contributed by atoms with E-state index in [1.54, 1.807) is 31.2 Å². The predicted molar refractivity (Wildman–Crippen MR) is 109 cm³/mol. The van der Waals surface area contributed by atoms with Crippen LogP contribution in [-0.4, -0.2) is 23.2 Å². The third-order valence-corrected chi connectivity index (χ3v) is 5.80. The number of amides is 1. The van der Waals surface area contributed by atoms with Crippen molar-refractivity contribution >= 4 is 33.3 Å². The third-order valence-electron chi connectivity index (χ3n) is 4.97. The lowest BCUT2D eigenvalue weighted by Gasteiger charge is -2.22. The van der Waals surface area contributed by atoms with Crippen molar-refractivity contribution in [2.45, 2.75) is 13.0 Å². The molecule has 30 heavy (non-hydrogen) atoms. The first-order chi connectivity index (χ1) is 14.5.